The summed E-state index contributed by atoms with van der Waals surface area (Å²) in [7, 11) is 1.49. The summed E-state index contributed by atoms with van der Waals surface area (Å²) in [5, 5.41) is 2.24. The predicted molar refractivity (Wildman–Crippen MR) is 80.6 cm³/mol. The van der Waals surface area contributed by atoms with Gasteiger partial charge in [-0.15, -0.1) is 0 Å². The van der Waals surface area contributed by atoms with Crippen molar-refractivity contribution in [3.63, 3.8) is 0 Å². The van der Waals surface area contributed by atoms with Gasteiger partial charge in [-0.2, -0.15) is 0 Å². The number of rotatable bonds is 4. The molecule has 0 unspecified atom stereocenters. The summed E-state index contributed by atoms with van der Waals surface area (Å²) < 4.78 is 25.9. The highest BCUT2D eigenvalue weighted by molar-refractivity contribution is 6.39. The van der Waals surface area contributed by atoms with Crippen LogP contribution >= 0.6 is 0 Å². The average molecular weight is 319 g/mol. The first-order valence-corrected chi connectivity index (χ1v) is 6.88. The Balaban J connectivity index is 1.90. The fourth-order valence-electron chi connectivity index (χ4n) is 1.88. The molecule has 1 aromatic heterocycles. The van der Waals surface area contributed by atoms with Crippen LogP contribution in [0.2, 0.25) is 0 Å². The van der Waals surface area contributed by atoms with Crippen molar-refractivity contribution in [1.82, 2.24) is 9.88 Å². The van der Waals surface area contributed by atoms with E-state index in [0.717, 1.165) is 17.7 Å². The molecule has 2 aromatic rings. The van der Waals surface area contributed by atoms with E-state index in [0.29, 0.717) is 13.0 Å². The molecule has 23 heavy (non-hydrogen) atoms. The molecule has 0 atom stereocenters. The smallest absolute Gasteiger partial charge is 0.313 e. The van der Waals surface area contributed by atoms with E-state index < -0.39 is 23.4 Å². The van der Waals surface area contributed by atoms with Crippen molar-refractivity contribution in [2.45, 2.75) is 6.42 Å². The maximum atomic E-state index is 13.1. The zero-order chi connectivity index (χ0) is 16.8. The van der Waals surface area contributed by atoms with Crippen LogP contribution in [0, 0.1) is 11.6 Å². The van der Waals surface area contributed by atoms with Crippen molar-refractivity contribution in [1.29, 1.82) is 0 Å². The van der Waals surface area contributed by atoms with Gasteiger partial charge in [-0.05, 0) is 36.2 Å². The Morgan fingerprint density at radius 2 is 1.83 bits per heavy atom. The molecule has 7 heteroatoms. The number of carbonyl (C=O) groups excluding carboxylic acids is 2. The van der Waals surface area contributed by atoms with Crippen molar-refractivity contribution < 1.29 is 18.4 Å². The van der Waals surface area contributed by atoms with Gasteiger partial charge in [0.15, 0.2) is 11.6 Å². The van der Waals surface area contributed by atoms with Gasteiger partial charge in [-0.1, -0.05) is 0 Å². The molecule has 2 rings (SSSR count). The van der Waals surface area contributed by atoms with Crippen molar-refractivity contribution in [3.05, 3.63) is 59.9 Å². The molecule has 1 heterocycles. The van der Waals surface area contributed by atoms with Gasteiger partial charge in [-0.3, -0.25) is 14.6 Å². The average Bonchev–Trinajstić information content (AvgIpc) is 2.56. The fourth-order valence-corrected chi connectivity index (χ4v) is 1.88. The summed E-state index contributed by atoms with van der Waals surface area (Å²) in [4.78, 5) is 28.9. The maximum absolute atomic E-state index is 13.1. The molecule has 2 amide bonds. The van der Waals surface area contributed by atoms with E-state index in [1.165, 1.54) is 18.0 Å². The lowest BCUT2D eigenvalue weighted by Crippen LogP contribution is -2.38. The highest BCUT2D eigenvalue weighted by Gasteiger charge is 2.19. The second kappa shape index (κ2) is 7.44. The molecule has 0 saturated carbocycles. The van der Waals surface area contributed by atoms with E-state index in [-0.39, 0.29) is 5.69 Å². The van der Waals surface area contributed by atoms with Gasteiger partial charge in [0.1, 0.15) is 0 Å². The van der Waals surface area contributed by atoms with Gasteiger partial charge in [0.25, 0.3) is 0 Å². The first-order chi connectivity index (χ1) is 11.0. The van der Waals surface area contributed by atoms with Crippen LogP contribution in [0.3, 0.4) is 0 Å². The number of aromatic nitrogens is 1. The van der Waals surface area contributed by atoms with Crippen LogP contribution in [0.4, 0.5) is 14.5 Å². The molecule has 1 aromatic carbocycles. The number of carbonyl (C=O) groups is 2. The van der Waals surface area contributed by atoms with Crippen LogP contribution in [0.15, 0.2) is 42.7 Å². The molecular weight excluding hydrogens is 304 g/mol. The molecule has 0 bridgehead atoms. The number of anilines is 1. The molecule has 120 valence electrons. The van der Waals surface area contributed by atoms with Crippen LogP contribution in [0.5, 0.6) is 0 Å². The molecule has 0 aliphatic heterocycles. The van der Waals surface area contributed by atoms with Crippen LogP contribution in [0.25, 0.3) is 0 Å². The van der Waals surface area contributed by atoms with Crippen molar-refractivity contribution in [2.24, 2.45) is 0 Å². The standard InChI is InChI=1S/C16H15F2N3O2/c1-21(9-6-11-4-7-19-8-5-11)16(23)15(22)20-12-2-3-13(17)14(18)10-12/h2-5,7-8,10H,6,9H2,1H3,(H,20,22). The van der Waals surface area contributed by atoms with Gasteiger partial charge in [0.05, 0.1) is 0 Å². The normalized spacial score (nSPS) is 10.2. The van der Waals surface area contributed by atoms with E-state index in [4.69, 9.17) is 0 Å². The Morgan fingerprint density at radius 1 is 1.13 bits per heavy atom. The van der Waals surface area contributed by atoms with E-state index in [1.807, 2.05) is 12.1 Å². The van der Waals surface area contributed by atoms with Crippen LogP contribution < -0.4 is 5.32 Å². The molecular formula is C16H15F2N3O2. The van der Waals surface area contributed by atoms with E-state index in [1.54, 1.807) is 12.4 Å². The number of halogens is 2. The molecule has 0 radical (unpaired) electrons. The number of nitrogens with zero attached hydrogens (tertiary/aromatic N) is 2. The number of benzene rings is 1. The Kier molecular flexibility index (Phi) is 5.35. The summed E-state index contributed by atoms with van der Waals surface area (Å²) in [6.07, 6.45) is 3.86. The number of amides is 2. The number of hydrogen-bond acceptors (Lipinski definition) is 3. The number of pyridine rings is 1. The maximum Gasteiger partial charge on any atom is 0.313 e. The van der Waals surface area contributed by atoms with Crippen LogP contribution in [-0.2, 0) is 16.0 Å². The Morgan fingerprint density at radius 3 is 2.48 bits per heavy atom. The van der Waals surface area contributed by atoms with Crippen molar-refractivity contribution in [3.8, 4) is 0 Å². The summed E-state index contributed by atoms with van der Waals surface area (Å²) in [5.41, 5.74) is 1.01. The van der Waals surface area contributed by atoms with Crippen LogP contribution in [0.1, 0.15) is 5.56 Å². The van der Waals surface area contributed by atoms with E-state index >= 15 is 0 Å². The van der Waals surface area contributed by atoms with Crippen LogP contribution in [-0.4, -0.2) is 35.3 Å². The monoisotopic (exact) mass is 319 g/mol. The summed E-state index contributed by atoms with van der Waals surface area (Å²) >= 11 is 0. The van der Waals surface area contributed by atoms with Gasteiger partial charge < -0.3 is 10.2 Å². The molecule has 0 spiro atoms. The molecule has 0 fully saturated rings. The highest BCUT2D eigenvalue weighted by Crippen LogP contribution is 2.13. The lowest BCUT2D eigenvalue weighted by Gasteiger charge is -2.16. The summed E-state index contributed by atoms with van der Waals surface area (Å²) in [6, 6.07) is 6.51. The summed E-state index contributed by atoms with van der Waals surface area (Å²) in [5.74, 6) is -3.79. The van der Waals surface area contributed by atoms with Gasteiger partial charge in [0.2, 0.25) is 0 Å². The third-order valence-corrected chi connectivity index (χ3v) is 3.20. The minimum absolute atomic E-state index is 0.0183. The topological polar surface area (TPSA) is 62.3 Å². The Hall–Kier alpha value is -2.83. The zero-order valence-electron chi connectivity index (χ0n) is 12.4. The molecule has 1 N–H and O–H groups in total. The number of nitrogens with one attached hydrogen (secondary N) is 1. The second-order valence-corrected chi connectivity index (χ2v) is 4.92. The SMILES string of the molecule is CN(CCc1ccncc1)C(=O)C(=O)Nc1ccc(F)c(F)c1. The third-order valence-electron chi connectivity index (χ3n) is 3.20. The van der Waals surface area contributed by atoms with Gasteiger partial charge in [-0.25, -0.2) is 8.78 Å². The Labute approximate surface area is 131 Å². The molecule has 0 saturated heterocycles. The first-order valence-electron chi connectivity index (χ1n) is 6.88. The van der Waals surface area contributed by atoms with Gasteiger partial charge >= 0.3 is 11.8 Å². The number of likely N-dealkylation sites (N-methyl/N-ethyl adjacent to an activating group) is 1. The second-order valence-electron chi connectivity index (χ2n) is 4.92. The predicted octanol–water partition coefficient (Wildman–Crippen LogP) is 2.00. The zero-order valence-corrected chi connectivity index (χ0v) is 12.4. The minimum atomic E-state index is -1.10. The molecule has 0 aliphatic rings. The van der Waals surface area contributed by atoms with Crippen molar-refractivity contribution in [2.75, 3.05) is 18.9 Å². The third kappa shape index (κ3) is 4.57. The van der Waals surface area contributed by atoms with E-state index in [2.05, 4.69) is 10.3 Å². The lowest BCUT2D eigenvalue weighted by molar-refractivity contribution is -0.142. The first kappa shape index (κ1) is 16.5. The Bertz CT molecular complexity index is 708. The summed E-state index contributed by atoms with van der Waals surface area (Å²) in [6.45, 7) is 0.341. The largest absolute Gasteiger partial charge is 0.337 e. The van der Waals surface area contributed by atoms with Crippen molar-refractivity contribution >= 4 is 17.5 Å². The highest BCUT2D eigenvalue weighted by atomic mass is 19.2. The van der Waals surface area contributed by atoms with E-state index in [9.17, 15) is 18.4 Å². The van der Waals surface area contributed by atoms with Gasteiger partial charge in [0, 0.05) is 37.7 Å². The molecule has 5 nitrogen and oxygen atoms in total. The number of hydrogen-bond donors (Lipinski definition) is 1. The quantitative estimate of drug-likeness (QED) is 0.877. The molecule has 0 aliphatic carbocycles. The minimum Gasteiger partial charge on any atom is -0.337 e. The fraction of sp³-hybridized carbons (Fsp3) is 0.188. The lowest BCUT2D eigenvalue weighted by atomic mass is 10.2.